The zero-order valence-corrected chi connectivity index (χ0v) is 34.9. The van der Waals surface area contributed by atoms with Crippen molar-refractivity contribution in [3.63, 3.8) is 0 Å². The Morgan fingerprint density at radius 1 is 0.453 bits per heavy atom. The molecular weight excluding hydrogens is 779 g/mol. The number of ether oxygens (including phenoxy) is 1. The lowest BCUT2D eigenvalue weighted by molar-refractivity contribution is 0.364. The summed E-state index contributed by atoms with van der Waals surface area (Å²) in [6.45, 7) is 0. The van der Waals surface area contributed by atoms with E-state index in [-0.39, 0.29) is 0 Å². The molecule has 1 unspecified atom stereocenters. The molecule has 0 bridgehead atoms. The first-order valence-electron chi connectivity index (χ1n) is 22.1. The number of pyridine rings is 1. The molecule has 2 aromatic heterocycles. The second-order valence-electron chi connectivity index (χ2n) is 16.9. The Morgan fingerprint density at radius 2 is 1.11 bits per heavy atom. The maximum atomic E-state index is 6.73. The molecule has 1 spiro atoms. The normalized spacial score (nSPS) is 15.8. The molecule has 4 nitrogen and oxygen atoms in total. The van der Waals surface area contributed by atoms with E-state index in [1.807, 2.05) is 24.3 Å². The van der Waals surface area contributed by atoms with Crippen LogP contribution in [-0.4, -0.2) is 15.0 Å². The highest BCUT2D eigenvalue weighted by atomic mass is 16.5. The fourth-order valence-electron chi connectivity index (χ4n) is 10.6. The van der Waals surface area contributed by atoms with Gasteiger partial charge in [0.25, 0.3) is 0 Å². The predicted octanol–water partition coefficient (Wildman–Crippen LogP) is 14.8. The molecular formula is C60H39N3O. The lowest BCUT2D eigenvalue weighted by Gasteiger charge is -2.41. The third-order valence-electron chi connectivity index (χ3n) is 13.4. The Morgan fingerprint density at radius 3 is 1.95 bits per heavy atom. The SMILES string of the molecule is C1=CC2=C(CC1)Oc1ccccc1C21c2ccccc2-c2c1ccc1c(-c3cccc(-c4cc(-c5ccc(-c6ccccc6)cc5)nc(-c5ccccc5)n4)c3)nc3ccccc3c21. The number of hydrogen-bond acceptors (Lipinski definition) is 4. The van der Waals surface area contributed by atoms with E-state index in [0.29, 0.717) is 5.82 Å². The van der Waals surface area contributed by atoms with Crippen molar-refractivity contribution >= 4 is 21.7 Å². The molecule has 8 aromatic carbocycles. The average Bonchev–Trinajstić information content (AvgIpc) is 3.67. The fraction of sp³-hybridized carbons (Fsp3) is 0.0500. The maximum Gasteiger partial charge on any atom is 0.160 e. The van der Waals surface area contributed by atoms with Crippen molar-refractivity contribution in [3.05, 3.63) is 240 Å². The number of allylic oxidation sites excluding steroid dienone is 4. The van der Waals surface area contributed by atoms with Gasteiger partial charge in [-0.1, -0.05) is 188 Å². The minimum atomic E-state index is -0.519. The molecule has 1 atom stereocenters. The Labute approximate surface area is 371 Å². The first kappa shape index (κ1) is 36.4. The molecule has 3 aliphatic rings. The van der Waals surface area contributed by atoms with Gasteiger partial charge in [0, 0.05) is 56.0 Å². The van der Waals surface area contributed by atoms with Crippen LogP contribution in [0.2, 0.25) is 0 Å². The molecule has 300 valence electrons. The van der Waals surface area contributed by atoms with Crippen LogP contribution in [0.25, 0.3) is 89.1 Å². The van der Waals surface area contributed by atoms with Gasteiger partial charge in [0.2, 0.25) is 0 Å². The van der Waals surface area contributed by atoms with Gasteiger partial charge in [-0.25, -0.2) is 15.0 Å². The molecule has 0 fully saturated rings. The summed E-state index contributed by atoms with van der Waals surface area (Å²) >= 11 is 0. The van der Waals surface area contributed by atoms with Gasteiger partial charge in [0.1, 0.15) is 11.5 Å². The summed E-state index contributed by atoms with van der Waals surface area (Å²) in [6.07, 6.45) is 6.48. The lowest BCUT2D eigenvalue weighted by atomic mass is 9.64. The second-order valence-corrected chi connectivity index (χ2v) is 16.9. The van der Waals surface area contributed by atoms with Gasteiger partial charge < -0.3 is 4.74 Å². The molecule has 0 radical (unpaired) electrons. The Hall–Kier alpha value is -8.21. The summed E-state index contributed by atoms with van der Waals surface area (Å²) in [5, 5.41) is 3.47. The van der Waals surface area contributed by atoms with Crippen molar-refractivity contribution in [1.29, 1.82) is 0 Å². The minimum Gasteiger partial charge on any atom is -0.461 e. The fourth-order valence-corrected chi connectivity index (χ4v) is 10.6. The monoisotopic (exact) mass is 817 g/mol. The summed E-state index contributed by atoms with van der Waals surface area (Å²) in [5.74, 6) is 2.68. The standard InChI is InChI=1S/C60H39N3O/c1-3-16-38(17-4-1)39-30-32-40(33-31-39)52-37-53(63-59(62-52)41-18-5-2-6-19-41)42-20-15-21-43(36-42)58-46-34-35-50-57(56(46)45-23-8-12-27-51(45)61-58)44-22-7-9-24-47(44)60(50)48-25-10-13-28-54(48)64-55-29-14-11-26-49(55)60/h1-13,15-28,30-37H,14,29H2. The van der Waals surface area contributed by atoms with Crippen LogP contribution >= 0.6 is 0 Å². The van der Waals surface area contributed by atoms with Crippen LogP contribution in [0.1, 0.15) is 29.5 Å². The molecule has 10 aromatic rings. The summed E-state index contributed by atoms with van der Waals surface area (Å²) in [6, 6.07) is 71.2. The summed E-state index contributed by atoms with van der Waals surface area (Å²) in [7, 11) is 0. The smallest absolute Gasteiger partial charge is 0.160 e. The molecule has 0 N–H and O–H groups in total. The number of hydrogen-bond donors (Lipinski definition) is 0. The molecule has 2 aliphatic carbocycles. The zero-order chi connectivity index (χ0) is 42.2. The lowest BCUT2D eigenvalue weighted by Crippen LogP contribution is -2.35. The van der Waals surface area contributed by atoms with Crippen molar-refractivity contribution < 1.29 is 4.74 Å². The van der Waals surface area contributed by atoms with Crippen LogP contribution in [0.3, 0.4) is 0 Å². The van der Waals surface area contributed by atoms with Crippen molar-refractivity contribution in [2.24, 2.45) is 0 Å². The van der Waals surface area contributed by atoms with E-state index in [2.05, 4.69) is 188 Å². The van der Waals surface area contributed by atoms with Gasteiger partial charge in [0.15, 0.2) is 5.82 Å². The Kier molecular flexibility index (Phi) is 8.22. The second kappa shape index (κ2) is 14.4. The maximum absolute atomic E-state index is 6.73. The van der Waals surface area contributed by atoms with E-state index in [0.717, 1.165) is 80.0 Å². The van der Waals surface area contributed by atoms with Crippen molar-refractivity contribution in [2.45, 2.75) is 18.3 Å². The van der Waals surface area contributed by atoms with Gasteiger partial charge in [-0.05, 0) is 64.1 Å². The quantitative estimate of drug-likeness (QED) is 0.162. The molecule has 13 rings (SSSR count). The minimum absolute atomic E-state index is 0.519. The number of rotatable bonds is 5. The zero-order valence-electron chi connectivity index (χ0n) is 34.9. The van der Waals surface area contributed by atoms with E-state index in [4.69, 9.17) is 19.7 Å². The molecule has 1 aliphatic heterocycles. The number of fused-ring (bicyclic) bond motifs is 12. The highest BCUT2D eigenvalue weighted by Gasteiger charge is 2.52. The highest BCUT2D eigenvalue weighted by Crippen LogP contribution is 2.63. The first-order chi connectivity index (χ1) is 31.7. The van der Waals surface area contributed by atoms with E-state index in [1.165, 1.54) is 49.9 Å². The van der Waals surface area contributed by atoms with Crippen molar-refractivity contribution in [1.82, 2.24) is 15.0 Å². The topological polar surface area (TPSA) is 47.9 Å². The van der Waals surface area contributed by atoms with Gasteiger partial charge in [-0.3, -0.25) is 0 Å². The molecule has 4 heteroatoms. The van der Waals surface area contributed by atoms with Crippen LogP contribution in [0, 0.1) is 0 Å². The van der Waals surface area contributed by atoms with Gasteiger partial charge >= 0.3 is 0 Å². The first-order valence-corrected chi connectivity index (χ1v) is 22.1. The molecule has 0 saturated carbocycles. The van der Waals surface area contributed by atoms with Crippen LogP contribution in [-0.2, 0) is 5.41 Å². The van der Waals surface area contributed by atoms with E-state index < -0.39 is 5.41 Å². The van der Waals surface area contributed by atoms with Gasteiger partial charge in [-0.2, -0.15) is 0 Å². The summed E-state index contributed by atoms with van der Waals surface area (Å²) in [4.78, 5) is 15.9. The molecule has 0 amide bonds. The summed E-state index contributed by atoms with van der Waals surface area (Å²) < 4.78 is 6.73. The number of nitrogens with zero attached hydrogens (tertiary/aromatic N) is 3. The number of aromatic nitrogens is 3. The average molecular weight is 818 g/mol. The predicted molar refractivity (Wildman–Crippen MR) is 260 cm³/mol. The van der Waals surface area contributed by atoms with E-state index in [9.17, 15) is 0 Å². The molecule has 0 saturated heterocycles. The number of para-hydroxylation sites is 2. The summed E-state index contributed by atoms with van der Waals surface area (Å²) in [5.41, 5.74) is 17.0. The van der Waals surface area contributed by atoms with Crippen LogP contribution in [0.4, 0.5) is 0 Å². The number of benzene rings is 8. The van der Waals surface area contributed by atoms with Gasteiger partial charge in [0.05, 0.1) is 28.0 Å². The van der Waals surface area contributed by atoms with Crippen LogP contribution in [0.15, 0.2) is 224 Å². The third kappa shape index (κ3) is 5.52. The third-order valence-corrected chi connectivity index (χ3v) is 13.4. The van der Waals surface area contributed by atoms with Crippen molar-refractivity contribution in [3.8, 4) is 73.2 Å². The van der Waals surface area contributed by atoms with Crippen LogP contribution < -0.4 is 4.74 Å². The highest BCUT2D eigenvalue weighted by molar-refractivity contribution is 6.19. The van der Waals surface area contributed by atoms with E-state index >= 15 is 0 Å². The largest absolute Gasteiger partial charge is 0.461 e. The van der Waals surface area contributed by atoms with Gasteiger partial charge in [-0.15, -0.1) is 0 Å². The molecule has 64 heavy (non-hydrogen) atoms. The Bertz CT molecular complexity index is 3570. The van der Waals surface area contributed by atoms with Crippen molar-refractivity contribution in [2.75, 3.05) is 0 Å². The Balaban J connectivity index is 1.01. The molecule has 3 heterocycles. The van der Waals surface area contributed by atoms with Crippen LogP contribution in [0.5, 0.6) is 5.75 Å². The van der Waals surface area contributed by atoms with E-state index in [1.54, 1.807) is 0 Å².